The number of likely N-dealkylation sites (N-methyl/N-ethyl adjacent to an activating group) is 1. The summed E-state index contributed by atoms with van der Waals surface area (Å²) in [5, 5.41) is 20.1. The van der Waals surface area contributed by atoms with E-state index in [-0.39, 0.29) is 24.0 Å². The zero-order valence-electron chi connectivity index (χ0n) is 29.5. The molecule has 6 rings (SSSR count). The van der Waals surface area contributed by atoms with Crippen LogP contribution in [0.4, 0.5) is 23.1 Å². The van der Waals surface area contributed by atoms with Crippen LogP contribution in [0.15, 0.2) is 67.0 Å². The van der Waals surface area contributed by atoms with E-state index in [1.54, 1.807) is 18.3 Å². The number of rotatable bonds is 9. The number of aliphatic hydroxyl groups is 1. The Morgan fingerprint density at radius 3 is 2.42 bits per heavy atom. The van der Waals surface area contributed by atoms with Gasteiger partial charge in [-0.3, -0.25) is 9.69 Å². The van der Waals surface area contributed by atoms with Gasteiger partial charge in [-0.2, -0.15) is 4.98 Å². The van der Waals surface area contributed by atoms with Gasteiger partial charge in [0.2, 0.25) is 11.9 Å². The van der Waals surface area contributed by atoms with E-state index >= 15 is 0 Å². The molecule has 0 atom stereocenters. The van der Waals surface area contributed by atoms with Gasteiger partial charge < -0.3 is 26.0 Å². The first-order valence-corrected chi connectivity index (χ1v) is 17.7. The fraction of sp³-hybridized carbons (Fsp3) is 0.400. The van der Waals surface area contributed by atoms with Gasteiger partial charge in [0.05, 0.1) is 6.10 Å². The van der Waals surface area contributed by atoms with Crippen LogP contribution in [0.25, 0.3) is 11.1 Å². The molecule has 1 saturated heterocycles. The molecule has 50 heavy (non-hydrogen) atoms. The van der Waals surface area contributed by atoms with Gasteiger partial charge >= 0.3 is 0 Å². The van der Waals surface area contributed by atoms with Gasteiger partial charge in [0.1, 0.15) is 11.5 Å². The first-order chi connectivity index (χ1) is 24.2. The van der Waals surface area contributed by atoms with Gasteiger partial charge in [-0.1, -0.05) is 44.0 Å². The molecule has 2 aliphatic rings. The Morgan fingerprint density at radius 2 is 1.70 bits per heavy atom. The maximum atomic E-state index is 12.1. The number of benzene rings is 2. The van der Waals surface area contributed by atoms with Crippen molar-refractivity contribution in [3.8, 4) is 23.0 Å². The van der Waals surface area contributed by atoms with Crippen LogP contribution < -0.4 is 16.0 Å². The number of aromatic nitrogens is 3. The molecular weight excluding hydrogens is 624 g/mol. The quantitative estimate of drug-likeness (QED) is 0.158. The largest absolute Gasteiger partial charge is 0.393 e. The van der Waals surface area contributed by atoms with Crippen molar-refractivity contribution in [1.82, 2.24) is 24.8 Å². The molecule has 10 heteroatoms. The summed E-state index contributed by atoms with van der Waals surface area (Å²) in [5.41, 5.74) is 7.32. The SMILES string of the molecule is Cc1cc(Nc2ncc(-c3ccc(CN4CCN(C)CC4)cc3)c(NC3CCC(O)CC3)n2)ccc1C#Cc1cc(NC(=O)C(C)C)ccn1. The minimum atomic E-state index is -0.224. The maximum absolute atomic E-state index is 12.1. The highest BCUT2D eigenvalue weighted by molar-refractivity contribution is 5.92. The van der Waals surface area contributed by atoms with E-state index in [0.717, 1.165) is 92.2 Å². The van der Waals surface area contributed by atoms with Crippen molar-refractivity contribution < 1.29 is 9.90 Å². The maximum Gasteiger partial charge on any atom is 0.229 e. The summed E-state index contributed by atoms with van der Waals surface area (Å²) in [4.78, 5) is 31.0. The van der Waals surface area contributed by atoms with Crippen LogP contribution >= 0.6 is 0 Å². The highest BCUT2D eigenvalue weighted by Gasteiger charge is 2.22. The number of amides is 1. The molecule has 4 N–H and O–H groups in total. The monoisotopic (exact) mass is 672 g/mol. The van der Waals surface area contributed by atoms with E-state index in [4.69, 9.17) is 9.97 Å². The van der Waals surface area contributed by atoms with Crippen LogP contribution in [-0.2, 0) is 11.3 Å². The van der Waals surface area contributed by atoms with Crippen LogP contribution in [0.1, 0.15) is 61.9 Å². The van der Waals surface area contributed by atoms with Crippen LogP contribution in [0, 0.1) is 24.7 Å². The van der Waals surface area contributed by atoms with Gasteiger partial charge in [-0.15, -0.1) is 0 Å². The molecule has 1 amide bonds. The van der Waals surface area contributed by atoms with Gasteiger partial charge in [-0.05, 0) is 92.6 Å². The number of hydrogen-bond acceptors (Lipinski definition) is 9. The Kier molecular flexibility index (Phi) is 11.4. The molecule has 2 aromatic carbocycles. The number of nitrogens with zero attached hydrogens (tertiary/aromatic N) is 5. The van der Waals surface area contributed by atoms with E-state index in [9.17, 15) is 9.90 Å². The Labute approximate surface area is 295 Å². The molecule has 0 spiro atoms. The minimum Gasteiger partial charge on any atom is -0.393 e. The summed E-state index contributed by atoms with van der Waals surface area (Å²) >= 11 is 0. The fourth-order valence-electron chi connectivity index (χ4n) is 6.24. The van der Waals surface area contributed by atoms with Gasteiger partial charge in [0.15, 0.2) is 0 Å². The number of carbonyl (C=O) groups is 1. The second-order valence-corrected chi connectivity index (χ2v) is 13.9. The Balaban J connectivity index is 1.17. The lowest BCUT2D eigenvalue weighted by Crippen LogP contribution is -2.43. The molecule has 1 aliphatic carbocycles. The van der Waals surface area contributed by atoms with Crippen LogP contribution in [-0.4, -0.2) is 81.1 Å². The lowest BCUT2D eigenvalue weighted by Gasteiger charge is -2.32. The Morgan fingerprint density at radius 1 is 0.940 bits per heavy atom. The molecule has 3 heterocycles. The zero-order valence-corrected chi connectivity index (χ0v) is 29.5. The third-order valence-electron chi connectivity index (χ3n) is 9.45. The number of aliphatic hydroxyl groups excluding tert-OH is 1. The van der Waals surface area contributed by atoms with Crippen molar-refractivity contribution in [2.75, 3.05) is 49.2 Å². The predicted octanol–water partition coefficient (Wildman–Crippen LogP) is 6.05. The number of nitrogens with one attached hydrogen (secondary N) is 3. The van der Waals surface area contributed by atoms with E-state index in [1.807, 2.05) is 45.2 Å². The number of piperazine rings is 1. The Hall–Kier alpha value is -4.82. The summed E-state index contributed by atoms with van der Waals surface area (Å²) in [6.45, 7) is 11.1. The van der Waals surface area contributed by atoms with Crippen LogP contribution in [0.2, 0.25) is 0 Å². The molecular formula is C40H48N8O2. The number of aryl methyl sites for hydroxylation is 1. The van der Waals surface area contributed by atoms with Crippen LogP contribution in [0.5, 0.6) is 0 Å². The lowest BCUT2D eigenvalue weighted by molar-refractivity contribution is -0.118. The molecule has 0 unspecified atom stereocenters. The number of pyridine rings is 1. The zero-order chi connectivity index (χ0) is 35.0. The number of hydrogen-bond donors (Lipinski definition) is 4. The molecule has 0 radical (unpaired) electrons. The first kappa shape index (κ1) is 35.0. The fourth-order valence-corrected chi connectivity index (χ4v) is 6.24. The van der Waals surface area contributed by atoms with Crippen molar-refractivity contribution in [2.45, 2.75) is 65.1 Å². The van der Waals surface area contributed by atoms with Crippen molar-refractivity contribution in [2.24, 2.45) is 5.92 Å². The summed E-state index contributed by atoms with van der Waals surface area (Å²) in [6.07, 6.45) is 6.68. The molecule has 10 nitrogen and oxygen atoms in total. The molecule has 1 aliphatic heterocycles. The summed E-state index contributed by atoms with van der Waals surface area (Å²) in [5.74, 6) is 7.47. The van der Waals surface area contributed by atoms with Crippen molar-refractivity contribution in [1.29, 1.82) is 0 Å². The number of anilines is 4. The lowest BCUT2D eigenvalue weighted by atomic mass is 9.93. The molecule has 1 saturated carbocycles. The topological polar surface area (TPSA) is 119 Å². The van der Waals surface area contributed by atoms with Gasteiger partial charge in [-0.25, -0.2) is 9.97 Å². The van der Waals surface area contributed by atoms with E-state index in [2.05, 4.69) is 73.9 Å². The summed E-state index contributed by atoms with van der Waals surface area (Å²) < 4.78 is 0. The summed E-state index contributed by atoms with van der Waals surface area (Å²) in [7, 11) is 2.18. The minimum absolute atomic E-state index is 0.0461. The van der Waals surface area contributed by atoms with Gasteiger partial charge in [0, 0.05) is 79.6 Å². The smallest absolute Gasteiger partial charge is 0.229 e. The average Bonchev–Trinajstić information content (AvgIpc) is 3.11. The van der Waals surface area contributed by atoms with Gasteiger partial charge in [0.25, 0.3) is 0 Å². The van der Waals surface area contributed by atoms with E-state index in [1.165, 1.54) is 5.56 Å². The third kappa shape index (κ3) is 9.45. The molecule has 2 fully saturated rings. The molecule has 0 bridgehead atoms. The van der Waals surface area contributed by atoms with E-state index < -0.39 is 0 Å². The van der Waals surface area contributed by atoms with Crippen molar-refractivity contribution in [3.63, 3.8) is 0 Å². The normalized spacial score (nSPS) is 18.3. The van der Waals surface area contributed by atoms with Crippen molar-refractivity contribution in [3.05, 3.63) is 89.4 Å². The second kappa shape index (κ2) is 16.3. The predicted molar refractivity (Wildman–Crippen MR) is 200 cm³/mol. The molecule has 260 valence electrons. The van der Waals surface area contributed by atoms with E-state index in [0.29, 0.717) is 17.3 Å². The summed E-state index contributed by atoms with van der Waals surface area (Å²) in [6, 6.07) is 18.5. The van der Waals surface area contributed by atoms with Crippen LogP contribution in [0.3, 0.4) is 0 Å². The highest BCUT2D eigenvalue weighted by atomic mass is 16.3. The van der Waals surface area contributed by atoms with Crippen molar-refractivity contribution >= 4 is 29.0 Å². The molecule has 2 aromatic heterocycles. The molecule has 4 aromatic rings. The Bertz CT molecular complexity index is 1830. The second-order valence-electron chi connectivity index (χ2n) is 13.9. The highest BCUT2D eigenvalue weighted by Crippen LogP contribution is 2.31. The standard InChI is InChI=1S/C40H48N8O2/c1-27(2)39(50)44-35-17-18-41-33(24-35)11-9-30-10-12-34(23-28(30)3)45-40-42-25-37(38(46-40)43-32-13-15-36(49)16-14-32)31-7-5-29(6-8-31)26-48-21-19-47(4)20-22-48/h5-8,10,12,17-18,23-25,27,32,36,49H,13-16,19-22,26H2,1-4H3,(H,41,44,50)(H2,42,43,45,46). The average molecular weight is 673 g/mol. The third-order valence-corrected chi connectivity index (χ3v) is 9.45. The first-order valence-electron chi connectivity index (χ1n) is 17.7. The number of carbonyl (C=O) groups excluding carboxylic acids is 1.